The third kappa shape index (κ3) is 1.55. The third-order valence-electron chi connectivity index (χ3n) is 1.05. The normalized spacial score (nSPS) is 11.8. The fraction of sp³-hybridized carbons (Fsp3) is 0.500. The van der Waals surface area contributed by atoms with E-state index in [1.165, 1.54) is 7.05 Å². The Balaban J connectivity index is 3.13. The minimum absolute atomic E-state index is 0.178. The molecular formula is C4H7N3O3S. The zero-order valence-corrected chi connectivity index (χ0v) is 6.87. The van der Waals surface area contributed by atoms with Crippen LogP contribution in [0.2, 0.25) is 0 Å². The van der Waals surface area contributed by atoms with Crippen LogP contribution >= 0.6 is 0 Å². The second-order valence-corrected chi connectivity index (χ2v) is 3.45. The van der Waals surface area contributed by atoms with Crippen LogP contribution in [0.5, 0.6) is 0 Å². The topological polar surface area (TPSA) is 74.1 Å². The SMILES string of the molecule is COS(=O)(=O)c1cnn(C)n1. The fourth-order valence-corrected chi connectivity index (χ4v) is 1.09. The summed E-state index contributed by atoms with van der Waals surface area (Å²) in [5, 5.41) is 6.94. The fourth-order valence-electron chi connectivity index (χ4n) is 0.527. The van der Waals surface area contributed by atoms with Crippen LogP contribution in [-0.2, 0) is 21.3 Å². The Labute approximate surface area is 63.9 Å². The van der Waals surface area contributed by atoms with Crippen molar-refractivity contribution in [3.63, 3.8) is 0 Å². The van der Waals surface area contributed by atoms with E-state index in [1.54, 1.807) is 0 Å². The molecule has 7 heteroatoms. The summed E-state index contributed by atoms with van der Waals surface area (Å²) in [6.07, 6.45) is 1.12. The summed E-state index contributed by atoms with van der Waals surface area (Å²) >= 11 is 0. The molecule has 6 nitrogen and oxygen atoms in total. The molecule has 0 unspecified atom stereocenters. The molecule has 1 rings (SSSR count). The molecule has 0 saturated carbocycles. The van der Waals surface area contributed by atoms with Gasteiger partial charge in [0.2, 0.25) is 5.03 Å². The molecule has 0 atom stereocenters. The lowest BCUT2D eigenvalue weighted by Crippen LogP contribution is -2.04. The van der Waals surface area contributed by atoms with Crippen LogP contribution in [0, 0.1) is 0 Å². The molecule has 0 aliphatic carbocycles. The first-order valence-electron chi connectivity index (χ1n) is 2.73. The van der Waals surface area contributed by atoms with Gasteiger partial charge in [0.15, 0.2) is 0 Å². The van der Waals surface area contributed by atoms with Crippen LogP contribution in [0.15, 0.2) is 11.2 Å². The summed E-state index contributed by atoms with van der Waals surface area (Å²) in [5.41, 5.74) is 0. The Bertz CT molecular complexity index is 341. The molecular weight excluding hydrogens is 170 g/mol. The molecule has 0 N–H and O–H groups in total. The van der Waals surface area contributed by atoms with Crippen molar-refractivity contribution in [1.29, 1.82) is 0 Å². The first-order chi connectivity index (χ1) is 5.06. The molecule has 11 heavy (non-hydrogen) atoms. The predicted octanol–water partition coefficient (Wildman–Crippen LogP) is -0.850. The molecule has 0 bridgehead atoms. The highest BCUT2D eigenvalue weighted by Gasteiger charge is 2.16. The number of aromatic nitrogens is 3. The maximum Gasteiger partial charge on any atom is 0.317 e. The molecule has 1 aromatic heterocycles. The van der Waals surface area contributed by atoms with Crippen LogP contribution in [-0.4, -0.2) is 30.5 Å². The van der Waals surface area contributed by atoms with Crippen LogP contribution in [0.25, 0.3) is 0 Å². The van der Waals surface area contributed by atoms with Crippen molar-refractivity contribution in [3.8, 4) is 0 Å². The van der Waals surface area contributed by atoms with Crippen molar-refractivity contribution < 1.29 is 12.6 Å². The summed E-state index contributed by atoms with van der Waals surface area (Å²) in [5.74, 6) is 0. The Morgan fingerprint density at radius 1 is 1.64 bits per heavy atom. The van der Waals surface area contributed by atoms with Crippen LogP contribution < -0.4 is 0 Å². The standard InChI is InChI=1S/C4H7N3O3S/c1-7-5-3-4(6-7)11(8,9)10-2/h3H,1-2H3. The smallest absolute Gasteiger partial charge is 0.268 e. The van der Waals surface area contributed by atoms with Gasteiger partial charge in [0.25, 0.3) is 0 Å². The Hall–Kier alpha value is -0.950. The molecule has 62 valence electrons. The first-order valence-corrected chi connectivity index (χ1v) is 4.14. The third-order valence-corrected chi connectivity index (χ3v) is 2.19. The second-order valence-electron chi connectivity index (χ2n) is 1.79. The quantitative estimate of drug-likeness (QED) is 0.550. The van der Waals surface area contributed by atoms with Crippen molar-refractivity contribution in [3.05, 3.63) is 6.20 Å². The van der Waals surface area contributed by atoms with Gasteiger partial charge < -0.3 is 0 Å². The summed E-state index contributed by atoms with van der Waals surface area (Å²) in [6, 6.07) is 0. The number of aryl methyl sites for hydroxylation is 1. The summed E-state index contributed by atoms with van der Waals surface area (Å²) in [4.78, 5) is 1.14. The van der Waals surface area contributed by atoms with E-state index in [2.05, 4.69) is 14.4 Å². The lowest BCUT2D eigenvalue weighted by atomic mass is 11.0. The minimum atomic E-state index is -3.67. The van der Waals surface area contributed by atoms with E-state index in [4.69, 9.17) is 0 Å². The highest BCUT2D eigenvalue weighted by molar-refractivity contribution is 7.86. The van der Waals surface area contributed by atoms with Gasteiger partial charge in [-0.2, -0.15) is 18.3 Å². The Morgan fingerprint density at radius 3 is 2.64 bits per heavy atom. The van der Waals surface area contributed by atoms with E-state index in [0.29, 0.717) is 0 Å². The predicted molar refractivity (Wildman–Crippen MR) is 35.2 cm³/mol. The molecule has 0 aliphatic heterocycles. The molecule has 1 heterocycles. The molecule has 0 spiro atoms. The summed E-state index contributed by atoms with van der Waals surface area (Å²) < 4.78 is 25.9. The van der Waals surface area contributed by atoms with Crippen molar-refractivity contribution in [2.75, 3.05) is 7.11 Å². The minimum Gasteiger partial charge on any atom is -0.268 e. The average Bonchev–Trinajstić information content (AvgIpc) is 2.36. The van der Waals surface area contributed by atoms with Crippen molar-refractivity contribution in [2.24, 2.45) is 7.05 Å². The maximum atomic E-state index is 10.9. The van der Waals surface area contributed by atoms with E-state index in [1.807, 2.05) is 0 Å². The largest absolute Gasteiger partial charge is 0.317 e. The molecule has 0 amide bonds. The summed E-state index contributed by atoms with van der Waals surface area (Å²) in [7, 11) is -1.08. The van der Waals surface area contributed by atoms with E-state index < -0.39 is 10.1 Å². The van der Waals surface area contributed by atoms with Gasteiger partial charge in [0, 0.05) is 7.05 Å². The maximum absolute atomic E-state index is 10.9. The highest BCUT2D eigenvalue weighted by atomic mass is 32.2. The van der Waals surface area contributed by atoms with Gasteiger partial charge in [0.05, 0.1) is 13.3 Å². The highest BCUT2D eigenvalue weighted by Crippen LogP contribution is 2.04. The molecule has 0 radical (unpaired) electrons. The number of hydrogen-bond acceptors (Lipinski definition) is 5. The van der Waals surface area contributed by atoms with Crippen LogP contribution in [0.1, 0.15) is 0 Å². The first kappa shape index (κ1) is 8.15. The van der Waals surface area contributed by atoms with Crippen LogP contribution in [0.3, 0.4) is 0 Å². The van der Waals surface area contributed by atoms with Crippen molar-refractivity contribution in [2.45, 2.75) is 5.03 Å². The number of rotatable bonds is 2. The zero-order chi connectivity index (χ0) is 8.48. The Morgan fingerprint density at radius 2 is 2.27 bits per heavy atom. The van der Waals surface area contributed by atoms with Gasteiger partial charge in [0.1, 0.15) is 0 Å². The monoisotopic (exact) mass is 177 g/mol. The van der Waals surface area contributed by atoms with Gasteiger partial charge in [-0.15, -0.1) is 5.10 Å². The van der Waals surface area contributed by atoms with Gasteiger partial charge in [-0.3, -0.25) is 4.18 Å². The molecule has 0 fully saturated rings. The van der Waals surface area contributed by atoms with Gasteiger partial charge >= 0.3 is 10.1 Å². The molecule has 1 aromatic rings. The lowest BCUT2D eigenvalue weighted by Gasteiger charge is -1.92. The van der Waals surface area contributed by atoms with Gasteiger partial charge in [-0.1, -0.05) is 0 Å². The number of hydrogen-bond donors (Lipinski definition) is 0. The lowest BCUT2D eigenvalue weighted by molar-refractivity contribution is 0.394. The molecule has 0 aliphatic rings. The summed E-state index contributed by atoms with van der Waals surface area (Å²) in [6.45, 7) is 0. The molecule has 0 aromatic carbocycles. The number of nitrogens with zero attached hydrogens (tertiary/aromatic N) is 3. The van der Waals surface area contributed by atoms with E-state index in [0.717, 1.165) is 18.1 Å². The molecule has 0 saturated heterocycles. The van der Waals surface area contributed by atoms with Gasteiger partial charge in [-0.25, -0.2) is 0 Å². The Kier molecular flexibility index (Phi) is 1.92. The average molecular weight is 177 g/mol. The van der Waals surface area contributed by atoms with Crippen molar-refractivity contribution >= 4 is 10.1 Å². The van der Waals surface area contributed by atoms with Gasteiger partial charge in [-0.05, 0) is 0 Å². The van der Waals surface area contributed by atoms with E-state index in [9.17, 15) is 8.42 Å². The van der Waals surface area contributed by atoms with E-state index >= 15 is 0 Å². The second kappa shape index (κ2) is 2.59. The van der Waals surface area contributed by atoms with E-state index in [-0.39, 0.29) is 5.03 Å². The van der Waals surface area contributed by atoms with Crippen LogP contribution in [0.4, 0.5) is 0 Å². The van der Waals surface area contributed by atoms with Crippen molar-refractivity contribution in [1.82, 2.24) is 15.0 Å². The zero-order valence-electron chi connectivity index (χ0n) is 6.05.